The average molecular weight is 414 g/mol. The molecule has 6 atom stereocenters. The molecule has 10 nitrogen and oxygen atoms in total. The lowest BCUT2D eigenvalue weighted by Crippen LogP contribution is -2.63. The molecule has 1 aromatic rings. The summed E-state index contributed by atoms with van der Waals surface area (Å²) in [4.78, 5) is 27.9. The Labute approximate surface area is 166 Å². The van der Waals surface area contributed by atoms with Gasteiger partial charge < -0.3 is 36.4 Å². The molecule has 0 aliphatic carbocycles. The molecule has 1 aliphatic rings. The van der Waals surface area contributed by atoms with Crippen molar-refractivity contribution in [3.05, 3.63) is 23.9 Å². The fraction of sp³-hybridized carbons (Fsp3) is 0.588. The maximum Gasteiger partial charge on any atom is 0.243 e. The molecule has 1 aliphatic heterocycles. The Bertz CT molecular complexity index is 693. The Balaban J connectivity index is 1.98. The maximum absolute atomic E-state index is 12.3. The van der Waals surface area contributed by atoms with Crippen molar-refractivity contribution in [2.45, 2.75) is 49.7 Å². The number of hydrogen-bond acceptors (Lipinski definition) is 9. The Hall–Kier alpha value is -1.76. The third-order valence-electron chi connectivity index (χ3n) is 4.17. The smallest absolute Gasteiger partial charge is 0.243 e. The van der Waals surface area contributed by atoms with Gasteiger partial charge in [-0.3, -0.25) is 9.59 Å². The van der Waals surface area contributed by atoms with Gasteiger partial charge in [0, 0.05) is 18.4 Å². The van der Waals surface area contributed by atoms with E-state index in [1.165, 1.54) is 6.92 Å². The lowest BCUT2D eigenvalue weighted by atomic mass is 9.98. The minimum Gasteiger partial charge on any atom is -0.394 e. The van der Waals surface area contributed by atoms with E-state index in [1.54, 1.807) is 25.1 Å². The third-order valence-corrected chi connectivity index (χ3v) is 5.45. The number of pyridine rings is 1. The highest BCUT2D eigenvalue weighted by atomic mass is 32.2. The number of aryl methyl sites for hydroxylation is 1. The molecule has 156 valence electrons. The van der Waals surface area contributed by atoms with Crippen molar-refractivity contribution < 1.29 is 29.6 Å². The first-order valence-electron chi connectivity index (χ1n) is 8.74. The molecule has 0 saturated carbocycles. The van der Waals surface area contributed by atoms with E-state index in [9.17, 15) is 24.9 Å². The van der Waals surface area contributed by atoms with Gasteiger partial charge in [0.1, 0.15) is 29.6 Å². The number of amides is 2. The van der Waals surface area contributed by atoms with E-state index in [0.717, 1.165) is 17.5 Å². The number of nitrogens with two attached hydrogens (primary N) is 1. The summed E-state index contributed by atoms with van der Waals surface area (Å²) < 4.78 is 5.58. The summed E-state index contributed by atoms with van der Waals surface area (Å²) in [5.41, 5.74) is 5.87. The van der Waals surface area contributed by atoms with Gasteiger partial charge >= 0.3 is 0 Å². The molecule has 0 aromatic carbocycles. The van der Waals surface area contributed by atoms with Crippen LogP contribution in [-0.2, 0) is 14.3 Å². The molecule has 0 bridgehead atoms. The summed E-state index contributed by atoms with van der Waals surface area (Å²) in [5, 5.41) is 34.7. The van der Waals surface area contributed by atoms with Crippen LogP contribution in [0, 0.1) is 6.92 Å². The third kappa shape index (κ3) is 5.87. The van der Waals surface area contributed by atoms with Crippen LogP contribution in [0.4, 0.5) is 5.82 Å². The number of thioether (sulfide) groups is 1. The van der Waals surface area contributed by atoms with Crippen molar-refractivity contribution in [2.75, 3.05) is 17.7 Å². The highest BCUT2D eigenvalue weighted by Gasteiger charge is 2.45. The van der Waals surface area contributed by atoms with Gasteiger partial charge in [0.2, 0.25) is 11.8 Å². The van der Waals surface area contributed by atoms with Gasteiger partial charge in [-0.1, -0.05) is 6.07 Å². The van der Waals surface area contributed by atoms with Crippen LogP contribution in [0.15, 0.2) is 18.2 Å². The van der Waals surface area contributed by atoms with E-state index in [2.05, 4.69) is 15.6 Å². The van der Waals surface area contributed by atoms with Crippen molar-refractivity contribution in [3.63, 3.8) is 0 Å². The molecule has 11 heteroatoms. The molecule has 2 unspecified atom stereocenters. The Morgan fingerprint density at radius 2 is 2.07 bits per heavy atom. The molecular formula is C17H26N4O6S. The number of carbonyl (C=O) groups is 2. The minimum atomic E-state index is -1.36. The zero-order chi connectivity index (χ0) is 20.8. The van der Waals surface area contributed by atoms with Gasteiger partial charge in [-0.25, -0.2) is 4.98 Å². The van der Waals surface area contributed by atoms with E-state index in [-0.39, 0.29) is 5.75 Å². The summed E-state index contributed by atoms with van der Waals surface area (Å²) in [6.07, 6.45) is -3.71. The lowest BCUT2D eigenvalue weighted by molar-refractivity contribution is -0.173. The summed E-state index contributed by atoms with van der Waals surface area (Å²) >= 11 is 1.10. The number of aromatic nitrogens is 1. The normalized spacial score (nSPS) is 28.4. The largest absolute Gasteiger partial charge is 0.394 e. The van der Waals surface area contributed by atoms with Crippen LogP contribution >= 0.6 is 11.8 Å². The molecule has 1 aromatic heterocycles. The zero-order valence-electron chi connectivity index (χ0n) is 15.6. The van der Waals surface area contributed by atoms with Gasteiger partial charge in [0.15, 0.2) is 0 Å². The van der Waals surface area contributed by atoms with Gasteiger partial charge in [-0.15, -0.1) is 11.8 Å². The molecular weight excluding hydrogens is 388 g/mol. The first-order chi connectivity index (χ1) is 13.2. The number of aliphatic hydroxyl groups is 3. The van der Waals surface area contributed by atoms with Crippen LogP contribution in [-0.4, -0.2) is 80.3 Å². The standard InChI is InChI=1S/C17H26N4O6S/c1-8-4-3-5-12(19-8)21-16(26)10(18)7-28-17-13(20-9(2)23)15(25)14(24)11(6-22)27-17/h3-5,10-11,13-15,17,22,24-25H,6-7,18H2,1-2H3,(H,20,23)(H,19,21,26)/t10?,11-,13-,14?,15-,17+/m1/s1. The van der Waals surface area contributed by atoms with Crippen LogP contribution in [0.1, 0.15) is 12.6 Å². The second kappa shape index (κ2) is 10.1. The zero-order valence-corrected chi connectivity index (χ0v) is 16.4. The molecule has 1 fully saturated rings. The van der Waals surface area contributed by atoms with E-state index in [1.807, 2.05) is 0 Å². The average Bonchev–Trinajstić information content (AvgIpc) is 2.64. The van der Waals surface area contributed by atoms with E-state index in [4.69, 9.17) is 10.5 Å². The van der Waals surface area contributed by atoms with Crippen LogP contribution in [0.3, 0.4) is 0 Å². The van der Waals surface area contributed by atoms with Crippen LogP contribution in [0.5, 0.6) is 0 Å². The van der Waals surface area contributed by atoms with E-state index >= 15 is 0 Å². The van der Waals surface area contributed by atoms with Gasteiger partial charge in [-0.2, -0.15) is 0 Å². The molecule has 2 heterocycles. The van der Waals surface area contributed by atoms with Crippen molar-refractivity contribution in [1.29, 1.82) is 0 Å². The number of ether oxygens (including phenoxy) is 1. The summed E-state index contributed by atoms with van der Waals surface area (Å²) in [5.74, 6) is -0.370. The highest BCUT2D eigenvalue weighted by molar-refractivity contribution is 7.99. The van der Waals surface area contributed by atoms with Crippen molar-refractivity contribution in [2.24, 2.45) is 5.73 Å². The molecule has 2 amide bonds. The van der Waals surface area contributed by atoms with Gasteiger partial charge in [0.25, 0.3) is 0 Å². The van der Waals surface area contributed by atoms with Gasteiger partial charge in [0.05, 0.1) is 18.7 Å². The van der Waals surface area contributed by atoms with Crippen molar-refractivity contribution in [3.8, 4) is 0 Å². The maximum atomic E-state index is 12.3. The first-order valence-corrected chi connectivity index (χ1v) is 9.79. The number of rotatable bonds is 7. The fourth-order valence-electron chi connectivity index (χ4n) is 2.72. The number of carbonyl (C=O) groups excluding carboxylic acids is 2. The molecule has 28 heavy (non-hydrogen) atoms. The lowest BCUT2D eigenvalue weighted by Gasteiger charge is -2.42. The van der Waals surface area contributed by atoms with E-state index in [0.29, 0.717) is 5.82 Å². The Kier molecular flexibility index (Phi) is 8.16. The van der Waals surface area contributed by atoms with Crippen LogP contribution in [0.2, 0.25) is 0 Å². The summed E-state index contributed by atoms with van der Waals surface area (Å²) in [6.45, 7) is 2.56. The SMILES string of the molecule is CC(=O)N[C@H]1[C@H](SCC(N)C(=O)Nc2cccc(C)n2)O[C@H](CO)C(O)[C@@H]1O. The number of nitrogens with one attached hydrogen (secondary N) is 2. The van der Waals surface area contributed by atoms with E-state index < -0.39 is 54.3 Å². The summed E-state index contributed by atoms with van der Waals surface area (Å²) in [7, 11) is 0. The van der Waals surface area contributed by atoms with Crippen molar-refractivity contribution in [1.82, 2.24) is 10.3 Å². The summed E-state index contributed by atoms with van der Waals surface area (Å²) in [6, 6.07) is 3.37. The molecule has 7 N–H and O–H groups in total. The predicted octanol–water partition coefficient (Wildman–Crippen LogP) is -1.67. The first kappa shape index (κ1) is 22.5. The predicted molar refractivity (Wildman–Crippen MR) is 103 cm³/mol. The molecule has 0 spiro atoms. The monoisotopic (exact) mass is 414 g/mol. The van der Waals surface area contributed by atoms with Crippen LogP contribution < -0.4 is 16.4 Å². The Morgan fingerprint density at radius 1 is 1.36 bits per heavy atom. The number of anilines is 1. The second-order valence-electron chi connectivity index (χ2n) is 6.53. The van der Waals surface area contributed by atoms with Crippen LogP contribution in [0.25, 0.3) is 0 Å². The fourth-order valence-corrected chi connectivity index (χ4v) is 3.92. The number of aliphatic hydroxyl groups excluding tert-OH is 3. The highest BCUT2D eigenvalue weighted by Crippen LogP contribution is 2.29. The van der Waals surface area contributed by atoms with Crippen molar-refractivity contribution >= 4 is 29.4 Å². The number of hydrogen-bond donors (Lipinski definition) is 6. The second-order valence-corrected chi connectivity index (χ2v) is 7.66. The molecule has 2 rings (SSSR count). The minimum absolute atomic E-state index is 0.110. The Morgan fingerprint density at radius 3 is 2.68 bits per heavy atom. The molecule has 0 radical (unpaired) electrons. The topological polar surface area (TPSA) is 167 Å². The number of nitrogens with zero attached hydrogens (tertiary/aromatic N) is 1. The van der Waals surface area contributed by atoms with Gasteiger partial charge in [-0.05, 0) is 19.1 Å². The molecule has 1 saturated heterocycles. The quantitative estimate of drug-likeness (QED) is 0.306.